The molecule has 0 aromatic carbocycles. The number of unbranched alkanes of at least 4 members (excludes halogenated alkanes) is 6. The first-order chi connectivity index (χ1) is 13.0. The number of rotatable bonds is 11. The van der Waals surface area contributed by atoms with Gasteiger partial charge in [-0.15, -0.1) is 0 Å². The predicted octanol–water partition coefficient (Wildman–Crippen LogP) is 6.87. The van der Waals surface area contributed by atoms with Crippen LogP contribution in [0.2, 0.25) is 0 Å². The first-order valence-electron chi connectivity index (χ1n) is 12.3. The molecule has 1 atom stereocenters. The van der Waals surface area contributed by atoms with Gasteiger partial charge in [0.1, 0.15) is 0 Å². The first kappa shape index (κ1) is 23.2. The highest BCUT2D eigenvalue weighted by molar-refractivity contribution is 4.96. The lowest BCUT2D eigenvalue weighted by atomic mass is 9.54. The van der Waals surface area contributed by atoms with E-state index in [4.69, 9.17) is 0 Å². The molecule has 0 radical (unpaired) electrons. The third kappa shape index (κ3) is 6.74. The molecule has 2 aliphatic rings. The molecule has 2 nitrogen and oxygen atoms in total. The van der Waals surface area contributed by atoms with Crippen LogP contribution in [0.4, 0.5) is 0 Å². The van der Waals surface area contributed by atoms with E-state index in [1.165, 1.54) is 77.0 Å². The molecule has 0 amide bonds. The zero-order valence-corrected chi connectivity index (χ0v) is 18.6. The van der Waals surface area contributed by atoms with Crippen LogP contribution in [-0.4, -0.2) is 22.4 Å². The van der Waals surface area contributed by atoms with E-state index in [1.54, 1.807) is 0 Å². The summed E-state index contributed by atoms with van der Waals surface area (Å²) >= 11 is 0. The molecule has 0 aromatic rings. The van der Waals surface area contributed by atoms with Crippen molar-refractivity contribution in [1.82, 2.24) is 0 Å². The van der Waals surface area contributed by atoms with Crippen molar-refractivity contribution in [2.45, 2.75) is 136 Å². The Labute approximate surface area is 169 Å². The van der Waals surface area contributed by atoms with Crippen LogP contribution in [0, 0.1) is 23.2 Å². The topological polar surface area (TPSA) is 40.5 Å². The van der Waals surface area contributed by atoms with Crippen molar-refractivity contribution in [2.75, 3.05) is 0 Å². The maximum absolute atomic E-state index is 10.0. The number of hydrogen-bond donors (Lipinski definition) is 2. The van der Waals surface area contributed by atoms with Crippen LogP contribution in [0.1, 0.15) is 124 Å². The van der Waals surface area contributed by atoms with E-state index in [0.29, 0.717) is 5.41 Å². The fourth-order valence-corrected chi connectivity index (χ4v) is 6.25. The third-order valence-corrected chi connectivity index (χ3v) is 8.46. The second kappa shape index (κ2) is 11.8. The zero-order valence-electron chi connectivity index (χ0n) is 18.6. The van der Waals surface area contributed by atoms with E-state index in [9.17, 15) is 10.2 Å². The Morgan fingerprint density at radius 1 is 0.704 bits per heavy atom. The summed E-state index contributed by atoms with van der Waals surface area (Å²) in [6.07, 6.45) is 19.8. The molecule has 2 rings (SSSR count). The summed E-state index contributed by atoms with van der Waals surface area (Å²) in [6.45, 7) is 7.40. The molecule has 1 unspecified atom stereocenters. The van der Waals surface area contributed by atoms with Crippen LogP contribution in [0.3, 0.4) is 0 Å². The molecule has 2 aliphatic carbocycles. The lowest BCUT2D eigenvalue weighted by Crippen LogP contribution is -2.44. The molecule has 2 fully saturated rings. The van der Waals surface area contributed by atoms with Gasteiger partial charge in [0.05, 0.1) is 12.2 Å². The average Bonchev–Trinajstić information content (AvgIpc) is 2.67. The van der Waals surface area contributed by atoms with Gasteiger partial charge < -0.3 is 10.2 Å². The third-order valence-electron chi connectivity index (χ3n) is 8.46. The summed E-state index contributed by atoms with van der Waals surface area (Å²) < 4.78 is 0. The maximum Gasteiger partial charge on any atom is 0.0540 e. The standard InChI is InChI=1S/C25H48O2/c1-4-5-6-7-8-9-10-11-20(2)25(3,21-12-16-23(26)17-13-21)22-14-18-24(27)19-15-22/h20-24,26-27H,4-19H2,1-3H3. The van der Waals surface area contributed by atoms with Crippen LogP contribution >= 0.6 is 0 Å². The summed E-state index contributed by atoms with van der Waals surface area (Å²) in [5, 5.41) is 20.0. The summed E-state index contributed by atoms with van der Waals surface area (Å²) in [7, 11) is 0. The minimum Gasteiger partial charge on any atom is -0.393 e. The van der Waals surface area contributed by atoms with Gasteiger partial charge in [-0.05, 0) is 74.5 Å². The molecule has 2 N–H and O–H groups in total. The predicted molar refractivity (Wildman–Crippen MR) is 116 cm³/mol. The van der Waals surface area contributed by atoms with Gasteiger partial charge in [0.15, 0.2) is 0 Å². The molecule has 0 aliphatic heterocycles. The normalized spacial score (nSPS) is 32.8. The van der Waals surface area contributed by atoms with Crippen LogP contribution in [0.25, 0.3) is 0 Å². The van der Waals surface area contributed by atoms with Gasteiger partial charge in [0, 0.05) is 0 Å². The minimum absolute atomic E-state index is 0.0582. The van der Waals surface area contributed by atoms with Crippen molar-refractivity contribution in [2.24, 2.45) is 23.2 Å². The van der Waals surface area contributed by atoms with E-state index >= 15 is 0 Å². The molecular formula is C25H48O2. The zero-order chi connectivity index (χ0) is 19.7. The van der Waals surface area contributed by atoms with Crippen molar-refractivity contribution in [3.8, 4) is 0 Å². The Morgan fingerprint density at radius 2 is 1.11 bits per heavy atom. The highest BCUT2D eigenvalue weighted by atomic mass is 16.3. The molecule has 0 spiro atoms. The van der Waals surface area contributed by atoms with Crippen LogP contribution in [0.5, 0.6) is 0 Å². The van der Waals surface area contributed by atoms with Gasteiger partial charge in [0.2, 0.25) is 0 Å². The first-order valence-corrected chi connectivity index (χ1v) is 12.3. The maximum atomic E-state index is 10.0. The average molecular weight is 381 g/mol. The largest absolute Gasteiger partial charge is 0.393 e. The number of aliphatic hydroxyl groups is 2. The van der Waals surface area contributed by atoms with Gasteiger partial charge in [-0.1, -0.05) is 72.1 Å². The number of hydrogen-bond acceptors (Lipinski definition) is 2. The Balaban J connectivity index is 1.90. The number of aliphatic hydroxyl groups excluding tert-OH is 2. The van der Waals surface area contributed by atoms with E-state index < -0.39 is 0 Å². The fraction of sp³-hybridized carbons (Fsp3) is 1.00. The van der Waals surface area contributed by atoms with Crippen molar-refractivity contribution in [1.29, 1.82) is 0 Å². The Morgan fingerprint density at radius 3 is 1.56 bits per heavy atom. The van der Waals surface area contributed by atoms with E-state index in [2.05, 4.69) is 20.8 Å². The monoisotopic (exact) mass is 380 g/mol. The summed E-state index contributed by atoms with van der Waals surface area (Å²) in [4.78, 5) is 0. The smallest absolute Gasteiger partial charge is 0.0540 e. The van der Waals surface area contributed by atoms with Crippen molar-refractivity contribution in [3.05, 3.63) is 0 Å². The Bertz CT molecular complexity index is 356. The summed E-state index contributed by atoms with van der Waals surface area (Å²) in [5.74, 6) is 2.29. The van der Waals surface area contributed by atoms with E-state index in [0.717, 1.165) is 43.4 Å². The molecule has 0 aromatic heterocycles. The molecular weight excluding hydrogens is 332 g/mol. The molecule has 160 valence electrons. The molecule has 0 heterocycles. The molecule has 27 heavy (non-hydrogen) atoms. The minimum atomic E-state index is -0.0582. The highest BCUT2D eigenvalue weighted by Crippen LogP contribution is 2.54. The molecule has 2 heteroatoms. The highest BCUT2D eigenvalue weighted by Gasteiger charge is 2.46. The van der Waals surface area contributed by atoms with Gasteiger partial charge in [-0.2, -0.15) is 0 Å². The molecule has 0 bridgehead atoms. The summed E-state index contributed by atoms with van der Waals surface area (Å²) in [5.41, 5.74) is 0.391. The Hall–Kier alpha value is -0.0800. The summed E-state index contributed by atoms with van der Waals surface area (Å²) in [6, 6.07) is 0. The van der Waals surface area contributed by atoms with Crippen molar-refractivity contribution >= 4 is 0 Å². The van der Waals surface area contributed by atoms with Crippen molar-refractivity contribution in [3.63, 3.8) is 0 Å². The van der Waals surface area contributed by atoms with Crippen LogP contribution in [0.15, 0.2) is 0 Å². The SMILES string of the molecule is CCCCCCCCCC(C)C(C)(C1CCC(O)CC1)C1CCC(O)CC1. The van der Waals surface area contributed by atoms with Gasteiger partial charge in [-0.3, -0.25) is 0 Å². The molecule has 0 saturated heterocycles. The quantitative estimate of drug-likeness (QED) is 0.384. The van der Waals surface area contributed by atoms with Crippen LogP contribution < -0.4 is 0 Å². The van der Waals surface area contributed by atoms with E-state index in [-0.39, 0.29) is 12.2 Å². The Kier molecular flexibility index (Phi) is 10.1. The van der Waals surface area contributed by atoms with Crippen molar-refractivity contribution < 1.29 is 10.2 Å². The van der Waals surface area contributed by atoms with Gasteiger partial charge >= 0.3 is 0 Å². The molecule has 2 saturated carbocycles. The lowest BCUT2D eigenvalue weighted by molar-refractivity contribution is -0.0456. The van der Waals surface area contributed by atoms with Gasteiger partial charge in [0.25, 0.3) is 0 Å². The van der Waals surface area contributed by atoms with E-state index in [1.807, 2.05) is 0 Å². The van der Waals surface area contributed by atoms with Gasteiger partial charge in [-0.25, -0.2) is 0 Å². The van der Waals surface area contributed by atoms with Crippen LogP contribution in [-0.2, 0) is 0 Å². The second-order valence-corrected chi connectivity index (χ2v) is 10.2. The lowest BCUT2D eigenvalue weighted by Gasteiger charge is -2.52. The second-order valence-electron chi connectivity index (χ2n) is 10.2. The fourth-order valence-electron chi connectivity index (χ4n) is 6.25.